The third-order valence-electron chi connectivity index (χ3n) is 2.69. The molecular formula is C14H16N4O. The molecule has 1 heterocycles. The van der Waals surface area contributed by atoms with Crippen LogP contribution in [0.15, 0.2) is 52.8 Å². The molecule has 0 aliphatic heterocycles. The fourth-order valence-corrected chi connectivity index (χ4v) is 1.58. The van der Waals surface area contributed by atoms with Crippen molar-refractivity contribution >= 4 is 17.2 Å². The number of rotatable bonds is 3. The summed E-state index contributed by atoms with van der Waals surface area (Å²) in [6.45, 7) is 1.91. The molecule has 2 aromatic rings. The standard InChI is InChI=1S/C14H16N4O/c1-11-8-9-18(19)14(10-11)16-15-12-4-6-13(7-5-12)17(2)3/h4-10H,1-3H3. The van der Waals surface area contributed by atoms with Crippen LogP contribution in [0.25, 0.3) is 0 Å². The van der Waals surface area contributed by atoms with Gasteiger partial charge < -0.3 is 10.1 Å². The summed E-state index contributed by atoms with van der Waals surface area (Å²) < 4.78 is 0.699. The van der Waals surface area contributed by atoms with Gasteiger partial charge in [0.1, 0.15) is 5.69 Å². The van der Waals surface area contributed by atoms with Gasteiger partial charge in [0, 0.05) is 25.8 Å². The number of anilines is 1. The molecule has 0 fully saturated rings. The van der Waals surface area contributed by atoms with E-state index in [0.717, 1.165) is 11.3 Å². The van der Waals surface area contributed by atoms with Crippen LogP contribution in [-0.2, 0) is 0 Å². The second kappa shape index (κ2) is 5.48. The molecule has 1 aromatic heterocycles. The predicted molar refractivity (Wildman–Crippen MR) is 75.1 cm³/mol. The topological polar surface area (TPSA) is 54.9 Å². The van der Waals surface area contributed by atoms with Crippen molar-refractivity contribution in [2.24, 2.45) is 10.2 Å². The lowest BCUT2D eigenvalue weighted by Gasteiger charge is -2.11. The lowest BCUT2D eigenvalue weighted by atomic mass is 10.3. The quantitative estimate of drug-likeness (QED) is 0.481. The number of hydrogen-bond donors (Lipinski definition) is 0. The molecule has 5 heteroatoms. The minimum atomic E-state index is 0.289. The highest BCUT2D eigenvalue weighted by atomic mass is 16.5. The molecule has 0 aliphatic carbocycles. The van der Waals surface area contributed by atoms with Gasteiger partial charge in [0.25, 0.3) is 0 Å². The predicted octanol–water partition coefficient (Wildman–Crippen LogP) is 3.11. The highest BCUT2D eigenvalue weighted by Gasteiger charge is 2.04. The summed E-state index contributed by atoms with van der Waals surface area (Å²) in [6, 6.07) is 11.1. The Morgan fingerprint density at radius 3 is 2.37 bits per heavy atom. The molecule has 0 saturated carbocycles. The monoisotopic (exact) mass is 256 g/mol. The third kappa shape index (κ3) is 3.28. The number of pyridine rings is 1. The molecule has 5 nitrogen and oxygen atoms in total. The number of azo groups is 1. The Morgan fingerprint density at radius 2 is 1.74 bits per heavy atom. The van der Waals surface area contributed by atoms with Gasteiger partial charge in [-0.1, -0.05) is 0 Å². The van der Waals surface area contributed by atoms with Crippen LogP contribution < -0.4 is 9.63 Å². The zero-order chi connectivity index (χ0) is 13.8. The Kier molecular flexibility index (Phi) is 3.75. The summed E-state index contributed by atoms with van der Waals surface area (Å²) >= 11 is 0. The van der Waals surface area contributed by atoms with Gasteiger partial charge in [-0.25, -0.2) is 4.73 Å². The molecule has 98 valence electrons. The largest absolute Gasteiger partial charge is 0.710 e. The van der Waals surface area contributed by atoms with E-state index in [0.29, 0.717) is 10.4 Å². The van der Waals surface area contributed by atoms with Gasteiger partial charge in [-0.05, 0) is 47.9 Å². The SMILES string of the molecule is Cc1cc[n+]([O-])c(N=Nc2ccc(N(C)C)cc2)c1. The second-order valence-electron chi connectivity index (χ2n) is 4.50. The minimum absolute atomic E-state index is 0.289. The smallest absolute Gasteiger partial charge is 0.353 e. The molecule has 19 heavy (non-hydrogen) atoms. The summed E-state index contributed by atoms with van der Waals surface area (Å²) in [7, 11) is 3.95. The first-order valence-corrected chi connectivity index (χ1v) is 5.95. The highest BCUT2D eigenvalue weighted by Crippen LogP contribution is 2.20. The first-order valence-electron chi connectivity index (χ1n) is 5.95. The number of nitrogens with zero attached hydrogens (tertiary/aromatic N) is 4. The molecule has 0 atom stereocenters. The molecule has 0 N–H and O–H groups in total. The number of aryl methyl sites for hydroxylation is 1. The summed E-state index contributed by atoms with van der Waals surface area (Å²) in [6.07, 6.45) is 1.43. The van der Waals surface area contributed by atoms with Crippen molar-refractivity contribution < 1.29 is 4.73 Å². The van der Waals surface area contributed by atoms with Gasteiger partial charge >= 0.3 is 5.82 Å². The van der Waals surface area contributed by atoms with Crippen molar-refractivity contribution in [2.45, 2.75) is 6.92 Å². The normalized spacial score (nSPS) is 10.9. The van der Waals surface area contributed by atoms with Gasteiger partial charge in [-0.2, -0.15) is 0 Å². The van der Waals surface area contributed by atoms with Gasteiger partial charge in [0.15, 0.2) is 0 Å². The maximum Gasteiger partial charge on any atom is 0.353 e. The van der Waals surface area contributed by atoms with E-state index >= 15 is 0 Å². The van der Waals surface area contributed by atoms with Gasteiger partial charge in [-0.3, -0.25) is 0 Å². The van der Waals surface area contributed by atoms with Crippen molar-refractivity contribution in [3.63, 3.8) is 0 Å². The Hall–Kier alpha value is -2.43. The summed E-state index contributed by atoms with van der Waals surface area (Å²) in [5.41, 5.74) is 2.78. The first kappa shape index (κ1) is 13.0. The molecule has 0 aliphatic rings. The third-order valence-corrected chi connectivity index (χ3v) is 2.69. The molecule has 1 aromatic carbocycles. The van der Waals surface area contributed by atoms with E-state index in [9.17, 15) is 5.21 Å². The fraction of sp³-hybridized carbons (Fsp3) is 0.214. The number of aromatic nitrogens is 1. The maximum atomic E-state index is 11.5. The van der Waals surface area contributed by atoms with Crippen molar-refractivity contribution in [3.05, 3.63) is 53.4 Å². The second-order valence-corrected chi connectivity index (χ2v) is 4.50. The van der Waals surface area contributed by atoms with Crippen LogP contribution in [0.4, 0.5) is 17.2 Å². The minimum Gasteiger partial charge on any atom is -0.710 e. The Bertz CT molecular complexity index is 591. The lowest BCUT2D eigenvalue weighted by Crippen LogP contribution is -2.25. The zero-order valence-electron chi connectivity index (χ0n) is 11.2. The van der Waals surface area contributed by atoms with Crippen molar-refractivity contribution in [2.75, 3.05) is 19.0 Å². The molecule has 0 unspecified atom stereocenters. The summed E-state index contributed by atoms with van der Waals surface area (Å²) in [5.74, 6) is 0.289. The van der Waals surface area contributed by atoms with E-state index in [1.165, 1.54) is 6.20 Å². The van der Waals surface area contributed by atoms with Crippen molar-refractivity contribution in [3.8, 4) is 0 Å². The maximum absolute atomic E-state index is 11.5. The van der Waals surface area contributed by atoms with Gasteiger partial charge in [-0.15, -0.1) is 0 Å². The van der Waals surface area contributed by atoms with Crippen LogP contribution in [0.1, 0.15) is 5.56 Å². The molecule has 0 spiro atoms. The first-order chi connectivity index (χ1) is 9.06. The van der Waals surface area contributed by atoms with E-state index in [4.69, 9.17) is 0 Å². The van der Waals surface area contributed by atoms with E-state index in [-0.39, 0.29) is 5.82 Å². The van der Waals surface area contributed by atoms with E-state index in [1.54, 1.807) is 12.1 Å². The highest BCUT2D eigenvalue weighted by molar-refractivity contribution is 5.51. The van der Waals surface area contributed by atoms with Crippen LogP contribution in [0.2, 0.25) is 0 Å². The van der Waals surface area contributed by atoms with Crippen LogP contribution in [-0.4, -0.2) is 14.1 Å². The van der Waals surface area contributed by atoms with E-state index < -0.39 is 0 Å². The van der Waals surface area contributed by atoms with Crippen molar-refractivity contribution in [1.29, 1.82) is 0 Å². The van der Waals surface area contributed by atoms with E-state index in [2.05, 4.69) is 10.2 Å². The number of benzene rings is 1. The van der Waals surface area contributed by atoms with Crippen LogP contribution in [0.3, 0.4) is 0 Å². The van der Waals surface area contributed by atoms with Crippen LogP contribution in [0, 0.1) is 12.1 Å². The number of hydrogen-bond acceptors (Lipinski definition) is 4. The van der Waals surface area contributed by atoms with Crippen molar-refractivity contribution in [1.82, 2.24) is 0 Å². The van der Waals surface area contributed by atoms with Gasteiger partial charge in [0.2, 0.25) is 0 Å². The average molecular weight is 256 g/mol. The Balaban J connectivity index is 2.20. The van der Waals surface area contributed by atoms with E-state index in [1.807, 2.05) is 50.2 Å². The lowest BCUT2D eigenvalue weighted by molar-refractivity contribution is -0.591. The molecule has 0 radical (unpaired) electrons. The summed E-state index contributed by atoms with van der Waals surface area (Å²) in [4.78, 5) is 2.01. The molecule has 0 amide bonds. The molecule has 0 bridgehead atoms. The zero-order valence-corrected chi connectivity index (χ0v) is 11.2. The fourth-order valence-electron chi connectivity index (χ4n) is 1.58. The molecule has 0 saturated heterocycles. The molecule has 2 rings (SSSR count). The van der Waals surface area contributed by atoms with Crippen LogP contribution in [0.5, 0.6) is 0 Å². The Morgan fingerprint density at radius 1 is 1.05 bits per heavy atom. The van der Waals surface area contributed by atoms with Crippen LogP contribution >= 0.6 is 0 Å². The van der Waals surface area contributed by atoms with Gasteiger partial charge in [0.05, 0.1) is 11.3 Å². The average Bonchev–Trinajstić information content (AvgIpc) is 2.40. The Labute approximate surface area is 112 Å². The molecular weight excluding hydrogens is 240 g/mol. The summed E-state index contributed by atoms with van der Waals surface area (Å²) in [5, 5.41) is 19.5.